The fraction of sp³-hybridized carbons (Fsp3) is 0.933. The molecule has 0 aliphatic carbocycles. The summed E-state index contributed by atoms with van der Waals surface area (Å²) < 4.78 is 5.59. The maximum Gasteiger partial charge on any atom is 0.320 e. The first-order valence-corrected chi connectivity index (χ1v) is 7.98. The molecule has 3 heterocycles. The number of ether oxygens (including phenoxy) is 1. The molecule has 0 amide bonds. The van der Waals surface area contributed by atoms with E-state index in [9.17, 15) is 9.90 Å². The number of hydrogen-bond acceptors (Lipinski definition) is 5. The number of hydrogen-bond donors (Lipinski definition) is 3. The Kier molecular flexibility index (Phi) is 3.98. The van der Waals surface area contributed by atoms with Crippen LogP contribution in [0.3, 0.4) is 0 Å². The molecule has 120 valence electrons. The molecule has 3 aliphatic rings. The van der Waals surface area contributed by atoms with Crippen molar-refractivity contribution in [2.24, 2.45) is 5.41 Å². The molecule has 4 unspecified atom stereocenters. The van der Waals surface area contributed by atoms with Gasteiger partial charge < -0.3 is 9.84 Å². The minimum atomic E-state index is -0.743. The Morgan fingerprint density at radius 2 is 2.00 bits per heavy atom. The summed E-state index contributed by atoms with van der Waals surface area (Å²) in [7, 11) is 0. The zero-order valence-corrected chi connectivity index (χ0v) is 13.1. The lowest BCUT2D eigenvalue weighted by molar-refractivity contribution is -0.141. The van der Waals surface area contributed by atoms with Crippen LogP contribution in [0.4, 0.5) is 0 Å². The first-order valence-electron chi connectivity index (χ1n) is 7.98. The van der Waals surface area contributed by atoms with Gasteiger partial charge in [0, 0.05) is 19.2 Å². The minimum Gasteiger partial charge on any atom is -0.480 e. The minimum absolute atomic E-state index is 0.0910. The molecule has 0 bridgehead atoms. The SMILES string of the molecule is CC(C)(C)C1NC2CCC(C(=O)O)NC2N1C[C@@H]1CCO1. The number of nitrogens with one attached hydrogen (secondary N) is 2. The van der Waals surface area contributed by atoms with Crippen molar-refractivity contribution in [1.82, 2.24) is 15.5 Å². The van der Waals surface area contributed by atoms with Gasteiger partial charge in [0.05, 0.1) is 18.4 Å². The summed E-state index contributed by atoms with van der Waals surface area (Å²) in [5, 5.41) is 16.3. The second-order valence-electron chi connectivity index (χ2n) is 7.60. The summed E-state index contributed by atoms with van der Waals surface area (Å²) in [6.45, 7) is 8.41. The number of piperidine rings is 1. The number of fused-ring (bicyclic) bond motifs is 1. The quantitative estimate of drug-likeness (QED) is 0.708. The van der Waals surface area contributed by atoms with Crippen molar-refractivity contribution >= 4 is 5.97 Å². The van der Waals surface area contributed by atoms with Crippen molar-refractivity contribution in [2.75, 3.05) is 13.2 Å². The first-order chi connectivity index (χ1) is 9.86. The van der Waals surface area contributed by atoms with E-state index in [1.807, 2.05) is 0 Å². The molecule has 3 fully saturated rings. The molecule has 5 atom stereocenters. The zero-order valence-electron chi connectivity index (χ0n) is 13.1. The zero-order chi connectivity index (χ0) is 15.2. The highest BCUT2D eigenvalue weighted by Gasteiger charge is 2.49. The van der Waals surface area contributed by atoms with Gasteiger partial charge in [0.2, 0.25) is 0 Å². The molecular formula is C15H27N3O3. The van der Waals surface area contributed by atoms with Crippen molar-refractivity contribution in [3.05, 3.63) is 0 Å². The van der Waals surface area contributed by atoms with Crippen LogP contribution in [0.5, 0.6) is 0 Å². The number of rotatable bonds is 3. The van der Waals surface area contributed by atoms with Crippen molar-refractivity contribution in [2.45, 2.75) is 70.6 Å². The average Bonchev–Trinajstić information content (AvgIpc) is 2.71. The number of nitrogens with zero attached hydrogens (tertiary/aromatic N) is 1. The highest BCUT2D eigenvalue weighted by atomic mass is 16.5. The van der Waals surface area contributed by atoms with Crippen LogP contribution in [0, 0.1) is 5.41 Å². The maximum absolute atomic E-state index is 11.3. The van der Waals surface area contributed by atoms with Gasteiger partial charge in [0.1, 0.15) is 6.04 Å². The Balaban J connectivity index is 1.76. The third kappa shape index (κ3) is 2.95. The van der Waals surface area contributed by atoms with Crippen molar-refractivity contribution < 1.29 is 14.6 Å². The van der Waals surface area contributed by atoms with Crippen LogP contribution < -0.4 is 10.6 Å². The van der Waals surface area contributed by atoms with Gasteiger partial charge in [0.25, 0.3) is 0 Å². The lowest BCUT2D eigenvalue weighted by atomic mass is 9.91. The highest BCUT2D eigenvalue weighted by Crippen LogP contribution is 2.34. The van der Waals surface area contributed by atoms with Gasteiger partial charge in [-0.3, -0.25) is 20.3 Å². The van der Waals surface area contributed by atoms with E-state index in [2.05, 4.69) is 36.3 Å². The van der Waals surface area contributed by atoms with Crippen molar-refractivity contribution in [3.8, 4) is 0 Å². The Morgan fingerprint density at radius 3 is 2.52 bits per heavy atom. The predicted molar refractivity (Wildman–Crippen MR) is 78.8 cm³/mol. The lowest BCUT2D eigenvalue weighted by Gasteiger charge is -2.42. The number of carbonyl (C=O) groups is 1. The van der Waals surface area contributed by atoms with Crippen LogP contribution in [0.2, 0.25) is 0 Å². The van der Waals surface area contributed by atoms with E-state index in [-0.39, 0.29) is 17.7 Å². The van der Waals surface area contributed by atoms with Crippen LogP contribution in [0.25, 0.3) is 0 Å². The van der Waals surface area contributed by atoms with E-state index in [0.29, 0.717) is 18.6 Å². The Bertz CT molecular complexity index is 405. The number of carboxylic acid groups (broad SMARTS) is 1. The Hall–Kier alpha value is -0.690. The van der Waals surface area contributed by atoms with Gasteiger partial charge >= 0.3 is 5.97 Å². The fourth-order valence-electron chi connectivity index (χ4n) is 3.70. The standard InChI is InChI=1S/C15H27N3O3/c1-15(2,3)14-17-10-4-5-11(13(19)20)16-12(10)18(14)8-9-6-7-21-9/h9-12,14,16-17H,4-8H2,1-3H3,(H,19,20)/t9-,10?,11?,12?,14?/m0/s1. The molecule has 0 aromatic carbocycles. The van der Waals surface area contributed by atoms with Crippen LogP contribution in [-0.2, 0) is 9.53 Å². The van der Waals surface area contributed by atoms with Gasteiger partial charge in [-0.2, -0.15) is 0 Å². The molecule has 0 spiro atoms. The Morgan fingerprint density at radius 1 is 1.29 bits per heavy atom. The van der Waals surface area contributed by atoms with Crippen molar-refractivity contribution in [3.63, 3.8) is 0 Å². The van der Waals surface area contributed by atoms with Gasteiger partial charge in [-0.05, 0) is 24.7 Å². The van der Waals surface area contributed by atoms with E-state index in [4.69, 9.17) is 4.74 Å². The summed E-state index contributed by atoms with van der Waals surface area (Å²) in [4.78, 5) is 13.7. The smallest absolute Gasteiger partial charge is 0.320 e. The molecule has 0 aromatic heterocycles. The van der Waals surface area contributed by atoms with E-state index >= 15 is 0 Å². The van der Waals surface area contributed by atoms with Crippen LogP contribution in [-0.4, -0.2) is 59.6 Å². The van der Waals surface area contributed by atoms with Crippen LogP contribution in [0.1, 0.15) is 40.0 Å². The second-order valence-corrected chi connectivity index (χ2v) is 7.60. The lowest BCUT2D eigenvalue weighted by Crippen LogP contribution is -2.60. The van der Waals surface area contributed by atoms with Gasteiger partial charge in [0.15, 0.2) is 0 Å². The fourth-order valence-corrected chi connectivity index (χ4v) is 3.70. The third-order valence-corrected chi connectivity index (χ3v) is 4.91. The molecule has 6 heteroatoms. The highest BCUT2D eigenvalue weighted by molar-refractivity contribution is 5.73. The molecule has 3 rings (SSSR count). The average molecular weight is 297 g/mol. The normalized spacial score (nSPS) is 40.6. The summed E-state index contributed by atoms with van der Waals surface area (Å²) in [6.07, 6.45) is 3.33. The molecule has 0 saturated carbocycles. The molecule has 0 radical (unpaired) electrons. The number of carboxylic acids is 1. The topological polar surface area (TPSA) is 73.8 Å². The molecule has 0 aromatic rings. The van der Waals surface area contributed by atoms with E-state index < -0.39 is 12.0 Å². The third-order valence-electron chi connectivity index (χ3n) is 4.91. The molecule has 3 aliphatic heterocycles. The van der Waals surface area contributed by atoms with Gasteiger partial charge in [-0.25, -0.2) is 0 Å². The van der Waals surface area contributed by atoms with Gasteiger partial charge in [-0.1, -0.05) is 20.8 Å². The monoisotopic (exact) mass is 297 g/mol. The Labute approximate surface area is 126 Å². The summed E-state index contributed by atoms with van der Waals surface area (Å²) in [6, 6.07) is -0.110. The van der Waals surface area contributed by atoms with E-state index in [1.54, 1.807) is 0 Å². The second kappa shape index (κ2) is 5.50. The van der Waals surface area contributed by atoms with Crippen LogP contribution >= 0.6 is 0 Å². The number of aliphatic carboxylic acids is 1. The molecule has 6 nitrogen and oxygen atoms in total. The molecule has 21 heavy (non-hydrogen) atoms. The summed E-state index contributed by atoms with van der Waals surface area (Å²) >= 11 is 0. The summed E-state index contributed by atoms with van der Waals surface area (Å²) in [5.41, 5.74) is 0.0987. The largest absolute Gasteiger partial charge is 0.480 e. The molecule has 3 saturated heterocycles. The summed E-state index contributed by atoms with van der Waals surface area (Å²) in [5.74, 6) is -0.743. The molecule has 3 N–H and O–H groups in total. The predicted octanol–water partition coefficient (Wildman–Crippen LogP) is 0.584. The van der Waals surface area contributed by atoms with E-state index in [1.165, 1.54) is 0 Å². The first kappa shape index (κ1) is 15.2. The molecular weight excluding hydrogens is 270 g/mol. The van der Waals surface area contributed by atoms with E-state index in [0.717, 1.165) is 26.0 Å². The maximum atomic E-state index is 11.3. The van der Waals surface area contributed by atoms with Crippen molar-refractivity contribution in [1.29, 1.82) is 0 Å². The van der Waals surface area contributed by atoms with Gasteiger partial charge in [-0.15, -0.1) is 0 Å². The van der Waals surface area contributed by atoms with Crippen LogP contribution in [0.15, 0.2) is 0 Å².